The molecule has 1 atom stereocenters. The minimum absolute atomic E-state index is 0.0682. The van der Waals surface area contributed by atoms with E-state index in [-0.39, 0.29) is 6.10 Å². The maximum absolute atomic E-state index is 11.6. The van der Waals surface area contributed by atoms with E-state index in [4.69, 9.17) is 9.47 Å². The van der Waals surface area contributed by atoms with Gasteiger partial charge in [0.1, 0.15) is 6.10 Å². The van der Waals surface area contributed by atoms with Crippen molar-refractivity contribution in [1.29, 1.82) is 0 Å². The summed E-state index contributed by atoms with van der Waals surface area (Å²) in [7, 11) is 0. The summed E-state index contributed by atoms with van der Waals surface area (Å²) < 4.78 is 10.3. The first-order chi connectivity index (χ1) is 10.6. The maximum Gasteiger partial charge on any atom is 0.331 e. The Morgan fingerprint density at radius 3 is 2.14 bits per heavy atom. The summed E-state index contributed by atoms with van der Waals surface area (Å²) in [5.41, 5.74) is 0. The Kier molecular flexibility index (Phi) is 13.7. The molecule has 0 aromatic heterocycles. The molecule has 0 aromatic rings. The van der Waals surface area contributed by atoms with E-state index in [2.05, 4.69) is 6.92 Å². The normalized spacial score (nSPS) is 12.3. The van der Waals surface area contributed by atoms with E-state index in [0.29, 0.717) is 6.61 Å². The number of rotatable bonds is 13. The Balaban J connectivity index is 3.74. The monoisotopic (exact) mass is 312 g/mol. The SMILES string of the molecule is CCCCCCCCOC(=O)/C=C/C(=O)OC(CC)CCC. The third kappa shape index (κ3) is 12.4. The van der Waals surface area contributed by atoms with Crippen molar-refractivity contribution in [2.45, 2.75) is 84.7 Å². The molecule has 0 bridgehead atoms. The average Bonchev–Trinajstić information content (AvgIpc) is 2.51. The van der Waals surface area contributed by atoms with Crippen LogP contribution in [0.15, 0.2) is 12.2 Å². The fraction of sp³-hybridized carbons (Fsp3) is 0.778. The predicted molar refractivity (Wildman–Crippen MR) is 88.6 cm³/mol. The molecule has 128 valence electrons. The van der Waals surface area contributed by atoms with Crippen LogP contribution in [0.4, 0.5) is 0 Å². The van der Waals surface area contributed by atoms with Gasteiger partial charge in [0, 0.05) is 12.2 Å². The molecule has 0 fully saturated rings. The van der Waals surface area contributed by atoms with Gasteiger partial charge in [-0.05, 0) is 19.3 Å². The zero-order valence-electron chi connectivity index (χ0n) is 14.4. The van der Waals surface area contributed by atoms with Gasteiger partial charge >= 0.3 is 11.9 Å². The van der Waals surface area contributed by atoms with Crippen LogP contribution in [0.2, 0.25) is 0 Å². The van der Waals surface area contributed by atoms with Crippen LogP contribution in [-0.2, 0) is 19.1 Å². The first-order valence-electron chi connectivity index (χ1n) is 8.69. The second-order valence-electron chi connectivity index (χ2n) is 5.52. The number of unbranched alkanes of at least 4 members (excludes halogenated alkanes) is 5. The van der Waals surface area contributed by atoms with Crippen molar-refractivity contribution in [3.8, 4) is 0 Å². The number of esters is 2. The molecule has 4 heteroatoms. The standard InChI is InChI=1S/C18H32O4/c1-4-7-8-9-10-11-15-21-17(19)13-14-18(20)22-16(6-3)12-5-2/h13-14,16H,4-12,15H2,1-3H3/b14-13+. The Morgan fingerprint density at radius 1 is 0.864 bits per heavy atom. The van der Waals surface area contributed by atoms with Crippen LogP contribution >= 0.6 is 0 Å². The van der Waals surface area contributed by atoms with Gasteiger partial charge in [0.15, 0.2) is 0 Å². The van der Waals surface area contributed by atoms with E-state index >= 15 is 0 Å². The summed E-state index contributed by atoms with van der Waals surface area (Å²) in [4.78, 5) is 23.0. The summed E-state index contributed by atoms with van der Waals surface area (Å²) in [5.74, 6) is -0.953. The first-order valence-corrected chi connectivity index (χ1v) is 8.69. The summed E-state index contributed by atoms with van der Waals surface area (Å²) in [6, 6.07) is 0. The van der Waals surface area contributed by atoms with Crippen molar-refractivity contribution in [3.05, 3.63) is 12.2 Å². The molecular formula is C18H32O4. The lowest BCUT2D eigenvalue weighted by atomic mass is 10.1. The maximum atomic E-state index is 11.6. The lowest BCUT2D eigenvalue weighted by Gasteiger charge is -2.13. The fourth-order valence-electron chi connectivity index (χ4n) is 2.11. The topological polar surface area (TPSA) is 52.6 Å². The van der Waals surface area contributed by atoms with Gasteiger partial charge in [0.25, 0.3) is 0 Å². The fourth-order valence-corrected chi connectivity index (χ4v) is 2.11. The Hall–Kier alpha value is -1.32. The number of hydrogen-bond donors (Lipinski definition) is 0. The summed E-state index contributed by atoms with van der Waals surface area (Å²) in [6.45, 7) is 6.62. The summed E-state index contributed by atoms with van der Waals surface area (Å²) in [5, 5.41) is 0. The second kappa shape index (κ2) is 14.6. The minimum Gasteiger partial charge on any atom is -0.463 e. The van der Waals surface area contributed by atoms with Gasteiger partial charge in [-0.15, -0.1) is 0 Å². The van der Waals surface area contributed by atoms with E-state index in [9.17, 15) is 9.59 Å². The van der Waals surface area contributed by atoms with Crippen LogP contribution in [0.5, 0.6) is 0 Å². The third-order valence-electron chi connectivity index (χ3n) is 3.45. The molecule has 0 aliphatic carbocycles. The molecule has 4 nitrogen and oxygen atoms in total. The number of hydrogen-bond acceptors (Lipinski definition) is 4. The molecule has 0 spiro atoms. The van der Waals surface area contributed by atoms with Gasteiger partial charge in [-0.1, -0.05) is 59.3 Å². The Morgan fingerprint density at radius 2 is 1.50 bits per heavy atom. The lowest BCUT2D eigenvalue weighted by Crippen LogP contribution is -2.16. The zero-order valence-corrected chi connectivity index (χ0v) is 14.4. The van der Waals surface area contributed by atoms with E-state index in [1.165, 1.54) is 25.7 Å². The zero-order chi connectivity index (χ0) is 16.6. The molecule has 0 aliphatic heterocycles. The number of ether oxygens (including phenoxy) is 2. The molecule has 0 N–H and O–H groups in total. The molecule has 22 heavy (non-hydrogen) atoms. The van der Waals surface area contributed by atoms with Crippen LogP contribution < -0.4 is 0 Å². The molecule has 0 aromatic carbocycles. The van der Waals surface area contributed by atoms with Gasteiger partial charge in [0.05, 0.1) is 6.61 Å². The molecular weight excluding hydrogens is 280 g/mol. The predicted octanol–water partition coefficient (Wildman–Crippen LogP) is 4.57. The number of carbonyl (C=O) groups excluding carboxylic acids is 2. The van der Waals surface area contributed by atoms with Gasteiger partial charge < -0.3 is 9.47 Å². The van der Waals surface area contributed by atoms with Gasteiger partial charge in [-0.25, -0.2) is 9.59 Å². The van der Waals surface area contributed by atoms with Crippen LogP contribution in [0.25, 0.3) is 0 Å². The molecule has 0 radical (unpaired) electrons. The highest BCUT2D eigenvalue weighted by molar-refractivity contribution is 5.91. The highest BCUT2D eigenvalue weighted by Crippen LogP contribution is 2.07. The molecule has 0 amide bonds. The highest BCUT2D eigenvalue weighted by Gasteiger charge is 2.09. The Bertz CT molecular complexity index is 323. The van der Waals surface area contributed by atoms with Crippen LogP contribution in [0, 0.1) is 0 Å². The second-order valence-corrected chi connectivity index (χ2v) is 5.52. The van der Waals surface area contributed by atoms with Crippen LogP contribution in [0.1, 0.15) is 78.6 Å². The molecule has 0 rings (SSSR count). The quantitative estimate of drug-likeness (QED) is 0.284. The van der Waals surface area contributed by atoms with Crippen molar-refractivity contribution >= 4 is 11.9 Å². The Labute approximate surface area is 135 Å². The summed E-state index contributed by atoms with van der Waals surface area (Å²) in [6.07, 6.45) is 11.7. The average molecular weight is 312 g/mol. The highest BCUT2D eigenvalue weighted by atomic mass is 16.5. The van der Waals surface area contributed by atoms with Crippen LogP contribution in [0.3, 0.4) is 0 Å². The summed E-state index contributed by atoms with van der Waals surface area (Å²) >= 11 is 0. The molecule has 0 heterocycles. The van der Waals surface area contributed by atoms with Crippen molar-refractivity contribution < 1.29 is 19.1 Å². The minimum atomic E-state index is -0.478. The largest absolute Gasteiger partial charge is 0.463 e. The smallest absolute Gasteiger partial charge is 0.331 e. The van der Waals surface area contributed by atoms with E-state index in [1.54, 1.807) is 0 Å². The molecule has 1 unspecified atom stereocenters. The van der Waals surface area contributed by atoms with Crippen molar-refractivity contribution in [1.82, 2.24) is 0 Å². The van der Waals surface area contributed by atoms with Crippen molar-refractivity contribution in [3.63, 3.8) is 0 Å². The molecule has 0 aliphatic rings. The van der Waals surface area contributed by atoms with Crippen LogP contribution in [-0.4, -0.2) is 24.6 Å². The van der Waals surface area contributed by atoms with E-state index in [0.717, 1.165) is 44.3 Å². The number of carbonyl (C=O) groups is 2. The molecule has 0 saturated carbocycles. The van der Waals surface area contributed by atoms with Crippen molar-refractivity contribution in [2.24, 2.45) is 0 Å². The van der Waals surface area contributed by atoms with Gasteiger partial charge in [-0.3, -0.25) is 0 Å². The third-order valence-corrected chi connectivity index (χ3v) is 3.45. The molecule has 0 saturated heterocycles. The first kappa shape index (κ1) is 20.7. The van der Waals surface area contributed by atoms with E-state index in [1.807, 2.05) is 13.8 Å². The van der Waals surface area contributed by atoms with E-state index < -0.39 is 11.9 Å². The van der Waals surface area contributed by atoms with Gasteiger partial charge in [0.2, 0.25) is 0 Å². The lowest BCUT2D eigenvalue weighted by molar-refractivity contribution is -0.144. The van der Waals surface area contributed by atoms with Gasteiger partial charge in [-0.2, -0.15) is 0 Å². The van der Waals surface area contributed by atoms with Crippen molar-refractivity contribution in [2.75, 3.05) is 6.61 Å².